The zero-order chi connectivity index (χ0) is 19.5. The number of carbonyl (C=O) groups is 2. The maximum atomic E-state index is 13.7. The monoisotopic (exact) mass is 386 g/mol. The molecule has 2 heterocycles. The second kappa shape index (κ2) is 8.10. The molecule has 8 heteroatoms. The second-order valence-electron chi connectivity index (χ2n) is 7.18. The molecule has 7 nitrogen and oxygen atoms in total. The Bertz CT molecular complexity index is 882. The van der Waals surface area contributed by atoms with Gasteiger partial charge in [0.1, 0.15) is 5.82 Å². The van der Waals surface area contributed by atoms with Crippen molar-refractivity contribution in [2.24, 2.45) is 0 Å². The van der Waals surface area contributed by atoms with Crippen molar-refractivity contribution in [1.82, 2.24) is 20.4 Å². The second-order valence-corrected chi connectivity index (χ2v) is 7.18. The lowest BCUT2D eigenvalue weighted by Crippen LogP contribution is -2.50. The summed E-state index contributed by atoms with van der Waals surface area (Å²) in [7, 11) is 0. The number of hydrogen-bond donors (Lipinski definition) is 2. The highest BCUT2D eigenvalue weighted by molar-refractivity contribution is 5.94. The van der Waals surface area contributed by atoms with Crippen molar-refractivity contribution >= 4 is 11.8 Å². The molecule has 0 spiro atoms. The van der Waals surface area contributed by atoms with Crippen LogP contribution in [0.2, 0.25) is 0 Å². The number of aromatic nitrogens is 2. The highest BCUT2D eigenvalue weighted by atomic mass is 19.1. The molecular formula is C20H23FN4O3. The van der Waals surface area contributed by atoms with Crippen molar-refractivity contribution in [2.75, 3.05) is 19.8 Å². The molecule has 4 rings (SSSR count). The van der Waals surface area contributed by atoms with Gasteiger partial charge >= 0.3 is 0 Å². The third-order valence-electron chi connectivity index (χ3n) is 5.35. The Morgan fingerprint density at radius 2 is 2.18 bits per heavy atom. The highest BCUT2D eigenvalue weighted by Crippen LogP contribution is 2.25. The summed E-state index contributed by atoms with van der Waals surface area (Å²) >= 11 is 0. The number of rotatable bonds is 5. The summed E-state index contributed by atoms with van der Waals surface area (Å²) in [5, 5.41) is 9.90. The molecule has 2 N–H and O–H groups in total. The summed E-state index contributed by atoms with van der Waals surface area (Å²) < 4.78 is 19.2. The van der Waals surface area contributed by atoms with Crippen LogP contribution >= 0.6 is 0 Å². The number of benzene rings is 1. The van der Waals surface area contributed by atoms with Crippen LogP contribution in [0.3, 0.4) is 0 Å². The van der Waals surface area contributed by atoms with Crippen LogP contribution in [-0.2, 0) is 28.9 Å². The number of ether oxygens (including phenoxy) is 1. The van der Waals surface area contributed by atoms with Crippen molar-refractivity contribution in [3.63, 3.8) is 0 Å². The molecule has 1 unspecified atom stereocenters. The number of hydrogen-bond acceptors (Lipinski definition) is 4. The number of nitrogens with zero attached hydrogens (tertiary/aromatic N) is 2. The first kappa shape index (κ1) is 18.6. The van der Waals surface area contributed by atoms with Gasteiger partial charge in [-0.1, -0.05) is 18.2 Å². The molecule has 2 aliphatic rings. The van der Waals surface area contributed by atoms with Crippen LogP contribution in [0.5, 0.6) is 0 Å². The normalized spacial score (nSPS) is 18.8. The van der Waals surface area contributed by atoms with E-state index in [9.17, 15) is 14.0 Å². The molecule has 1 aromatic carbocycles. The van der Waals surface area contributed by atoms with Gasteiger partial charge in [0.2, 0.25) is 5.91 Å². The van der Waals surface area contributed by atoms with Gasteiger partial charge in [0.25, 0.3) is 5.91 Å². The number of fused-ring (bicyclic) bond motifs is 1. The summed E-state index contributed by atoms with van der Waals surface area (Å²) in [6, 6.07) is 5.96. The molecule has 1 fully saturated rings. The van der Waals surface area contributed by atoms with E-state index in [0.29, 0.717) is 31.0 Å². The maximum Gasteiger partial charge on any atom is 0.275 e. The molecule has 28 heavy (non-hydrogen) atoms. The number of nitrogens with one attached hydrogen (secondary N) is 2. The van der Waals surface area contributed by atoms with E-state index in [1.165, 1.54) is 6.07 Å². The van der Waals surface area contributed by atoms with Gasteiger partial charge in [-0.15, -0.1) is 0 Å². The lowest BCUT2D eigenvalue weighted by Gasteiger charge is -2.35. The van der Waals surface area contributed by atoms with E-state index < -0.39 is 0 Å². The van der Waals surface area contributed by atoms with E-state index in [0.717, 1.165) is 30.5 Å². The summed E-state index contributed by atoms with van der Waals surface area (Å²) in [5.41, 5.74) is 2.93. The molecule has 148 valence electrons. The maximum absolute atomic E-state index is 13.7. The Labute approximate surface area is 162 Å². The minimum absolute atomic E-state index is 0.104. The van der Waals surface area contributed by atoms with Crippen LogP contribution in [0, 0.1) is 5.82 Å². The summed E-state index contributed by atoms with van der Waals surface area (Å²) in [6.07, 6.45) is 2.90. The van der Waals surface area contributed by atoms with E-state index in [1.54, 1.807) is 23.1 Å². The van der Waals surface area contributed by atoms with Crippen molar-refractivity contribution < 1.29 is 18.7 Å². The summed E-state index contributed by atoms with van der Waals surface area (Å²) in [6.45, 7) is 1.27. The fourth-order valence-corrected chi connectivity index (χ4v) is 3.85. The Morgan fingerprint density at radius 1 is 1.32 bits per heavy atom. The number of aryl methyl sites for hydroxylation is 1. The van der Waals surface area contributed by atoms with Crippen molar-refractivity contribution in [1.29, 1.82) is 0 Å². The van der Waals surface area contributed by atoms with Crippen LogP contribution in [0.4, 0.5) is 4.39 Å². The third-order valence-corrected chi connectivity index (χ3v) is 5.35. The minimum atomic E-state index is -0.365. The van der Waals surface area contributed by atoms with Gasteiger partial charge < -0.3 is 15.0 Å². The number of amides is 2. The van der Waals surface area contributed by atoms with Crippen molar-refractivity contribution in [2.45, 2.75) is 38.3 Å². The molecule has 1 aromatic heterocycles. The fourth-order valence-electron chi connectivity index (χ4n) is 3.85. The minimum Gasteiger partial charge on any atom is -0.377 e. The Morgan fingerprint density at radius 3 is 3.04 bits per heavy atom. The number of carbonyl (C=O) groups excluding carboxylic acids is 2. The Balaban J connectivity index is 1.40. The van der Waals surface area contributed by atoms with Crippen molar-refractivity contribution in [3.8, 4) is 0 Å². The van der Waals surface area contributed by atoms with Crippen LogP contribution in [0.15, 0.2) is 24.3 Å². The van der Waals surface area contributed by atoms with Crippen LogP contribution in [0.25, 0.3) is 0 Å². The number of aromatic amines is 1. The molecule has 0 bridgehead atoms. The zero-order valence-electron chi connectivity index (χ0n) is 15.5. The van der Waals surface area contributed by atoms with Gasteiger partial charge in [-0.2, -0.15) is 5.10 Å². The molecule has 1 saturated heterocycles. The molecular weight excluding hydrogens is 363 g/mol. The van der Waals surface area contributed by atoms with Gasteiger partial charge in [-0.05, 0) is 25.3 Å². The summed E-state index contributed by atoms with van der Waals surface area (Å²) in [4.78, 5) is 27.1. The van der Waals surface area contributed by atoms with Gasteiger partial charge in [-0.25, -0.2) is 4.39 Å². The van der Waals surface area contributed by atoms with E-state index in [4.69, 9.17) is 4.74 Å². The predicted octanol–water partition coefficient (Wildman–Crippen LogP) is 1.59. The van der Waals surface area contributed by atoms with E-state index >= 15 is 0 Å². The van der Waals surface area contributed by atoms with Gasteiger partial charge in [-0.3, -0.25) is 14.7 Å². The Hall–Kier alpha value is -2.74. The van der Waals surface area contributed by atoms with Crippen LogP contribution < -0.4 is 5.32 Å². The van der Waals surface area contributed by atoms with Gasteiger partial charge in [0.15, 0.2) is 5.69 Å². The smallest absolute Gasteiger partial charge is 0.275 e. The first-order valence-electron chi connectivity index (χ1n) is 9.58. The average molecular weight is 386 g/mol. The average Bonchev–Trinajstić information content (AvgIpc) is 3.31. The van der Waals surface area contributed by atoms with Crippen LogP contribution in [-0.4, -0.2) is 52.7 Å². The first-order chi connectivity index (χ1) is 13.6. The van der Waals surface area contributed by atoms with Crippen LogP contribution in [0.1, 0.15) is 40.2 Å². The molecule has 1 aliphatic heterocycles. The lowest BCUT2D eigenvalue weighted by molar-refractivity contribution is -0.123. The topological polar surface area (TPSA) is 87.3 Å². The first-order valence-corrected chi connectivity index (χ1v) is 9.58. The van der Waals surface area contributed by atoms with Gasteiger partial charge in [0.05, 0.1) is 19.3 Å². The van der Waals surface area contributed by atoms with Crippen molar-refractivity contribution in [3.05, 3.63) is 52.6 Å². The highest BCUT2D eigenvalue weighted by Gasteiger charge is 2.33. The van der Waals surface area contributed by atoms with E-state index in [2.05, 4.69) is 15.5 Å². The fraction of sp³-hybridized carbons (Fsp3) is 0.450. The third kappa shape index (κ3) is 3.77. The van der Waals surface area contributed by atoms with Gasteiger partial charge in [0, 0.05) is 36.3 Å². The number of halogens is 1. The molecule has 0 radical (unpaired) electrons. The van der Waals surface area contributed by atoms with E-state index in [1.807, 2.05) is 0 Å². The predicted molar refractivity (Wildman–Crippen MR) is 99.1 cm³/mol. The van der Waals surface area contributed by atoms with E-state index in [-0.39, 0.29) is 36.6 Å². The SMILES string of the molecule is O=C(CC1COCCN1C(=O)c1n[nH]c2c1CCC2)NCc1ccccc1F. The quantitative estimate of drug-likeness (QED) is 0.817. The summed E-state index contributed by atoms with van der Waals surface area (Å²) in [5.74, 6) is -0.758. The number of morpholine rings is 1. The molecule has 2 aromatic rings. The Kier molecular flexibility index (Phi) is 5.38. The standard InChI is InChI=1S/C20H23FN4O3/c21-16-6-2-1-4-13(16)11-22-18(26)10-14-12-28-9-8-25(14)20(27)19-15-5-3-7-17(15)23-24-19/h1-2,4,6,14H,3,5,7-12H2,(H,22,26)(H,23,24). The lowest BCUT2D eigenvalue weighted by atomic mass is 10.1. The molecule has 1 aliphatic carbocycles. The zero-order valence-corrected chi connectivity index (χ0v) is 15.5. The molecule has 1 atom stereocenters. The molecule has 2 amide bonds. The largest absolute Gasteiger partial charge is 0.377 e. The number of H-pyrrole nitrogens is 1. The molecule has 0 saturated carbocycles.